The molecular weight excluding hydrogens is 356 g/mol. The summed E-state index contributed by atoms with van der Waals surface area (Å²) in [7, 11) is 0. The average molecular weight is 381 g/mol. The summed E-state index contributed by atoms with van der Waals surface area (Å²) in [6, 6.07) is 13.7. The van der Waals surface area contributed by atoms with Crippen LogP contribution in [0.3, 0.4) is 0 Å². The van der Waals surface area contributed by atoms with Gasteiger partial charge in [-0.05, 0) is 56.9 Å². The van der Waals surface area contributed by atoms with Crippen LogP contribution in [0.2, 0.25) is 0 Å². The van der Waals surface area contributed by atoms with Crippen LogP contribution in [0.5, 0.6) is 0 Å². The molecule has 0 aliphatic heterocycles. The van der Waals surface area contributed by atoms with E-state index in [-0.39, 0.29) is 22.9 Å². The maximum atomic E-state index is 12.9. The summed E-state index contributed by atoms with van der Waals surface area (Å²) >= 11 is 1.68. The number of nitrogens with zero attached hydrogens (tertiary/aromatic N) is 1. The van der Waals surface area contributed by atoms with Crippen molar-refractivity contribution in [2.75, 3.05) is 6.26 Å². The van der Waals surface area contributed by atoms with E-state index in [1.54, 1.807) is 18.0 Å². The molecule has 0 spiro atoms. The van der Waals surface area contributed by atoms with Gasteiger partial charge in [0, 0.05) is 23.0 Å². The van der Waals surface area contributed by atoms with Gasteiger partial charge in [0.1, 0.15) is 5.56 Å². The minimum Gasteiger partial charge on any atom is -0.347 e. The predicted molar refractivity (Wildman–Crippen MR) is 113 cm³/mol. The highest BCUT2D eigenvalue weighted by molar-refractivity contribution is 7.98. The lowest BCUT2D eigenvalue weighted by molar-refractivity contribution is 0.0938. The Morgan fingerprint density at radius 2 is 1.89 bits per heavy atom. The molecule has 0 aliphatic rings. The van der Waals surface area contributed by atoms with E-state index in [9.17, 15) is 9.59 Å². The zero-order chi connectivity index (χ0) is 19.6. The largest absolute Gasteiger partial charge is 0.347 e. The summed E-state index contributed by atoms with van der Waals surface area (Å²) in [6.07, 6.45) is 3.69. The van der Waals surface area contributed by atoms with E-state index in [1.165, 1.54) is 4.90 Å². The van der Waals surface area contributed by atoms with Crippen molar-refractivity contribution in [2.24, 2.45) is 0 Å². The number of fused-ring (bicyclic) bond motifs is 1. The van der Waals surface area contributed by atoms with Crippen molar-refractivity contribution in [1.29, 1.82) is 0 Å². The summed E-state index contributed by atoms with van der Waals surface area (Å²) in [5.41, 5.74) is 2.82. The lowest BCUT2D eigenvalue weighted by atomic mass is 10.1. The van der Waals surface area contributed by atoms with Crippen LogP contribution < -0.4 is 10.7 Å². The Labute approximate surface area is 163 Å². The van der Waals surface area contributed by atoms with Crippen LogP contribution in [-0.2, 0) is 6.54 Å². The van der Waals surface area contributed by atoms with Crippen LogP contribution in [0.1, 0.15) is 41.4 Å². The molecule has 0 aliphatic carbocycles. The number of amides is 1. The van der Waals surface area contributed by atoms with Crippen molar-refractivity contribution in [3.05, 3.63) is 75.6 Å². The Bertz CT molecular complexity index is 1040. The maximum absolute atomic E-state index is 12.9. The fourth-order valence-electron chi connectivity index (χ4n) is 3.18. The molecule has 1 unspecified atom stereocenters. The van der Waals surface area contributed by atoms with E-state index in [0.29, 0.717) is 11.9 Å². The molecule has 4 nitrogen and oxygen atoms in total. The van der Waals surface area contributed by atoms with Gasteiger partial charge in [-0.1, -0.05) is 23.8 Å². The molecule has 1 atom stereocenters. The van der Waals surface area contributed by atoms with Gasteiger partial charge in [0.15, 0.2) is 0 Å². The fraction of sp³-hybridized carbons (Fsp3) is 0.273. The van der Waals surface area contributed by atoms with Gasteiger partial charge in [-0.2, -0.15) is 0 Å². The lowest BCUT2D eigenvalue weighted by Crippen LogP contribution is -2.31. The number of aromatic nitrogens is 1. The first-order valence-corrected chi connectivity index (χ1v) is 10.3. The number of benzene rings is 2. The Morgan fingerprint density at radius 1 is 1.19 bits per heavy atom. The van der Waals surface area contributed by atoms with Crippen LogP contribution in [0.25, 0.3) is 10.9 Å². The summed E-state index contributed by atoms with van der Waals surface area (Å²) in [5.74, 6) is -0.341. The summed E-state index contributed by atoms with van der Waals surface area (Å²) in [4.78, 5) is 26.9. The minimum absolute atomic E-state index is 0.183. The smallest absolute Gasteiger partial charge is 0.257 e. The SMILES string of the molecule is CCn1cc(C(=O)NC(C)c2ccc(SC)cc2)c(=O)c2cc(C)ccc21. The Morgan fingerprint density at radius 3 is 2.52 bits per heavy atom. The van der Waals surface area contributed by atoms with E-state index < -0.39 is 0 Å². The van der Waals surface area contributed by atoms with Gasteiger partial charge >= 0.3 is 0 Å². The molecule has 0 fully saturated rings. The van der Waals surface area contributed by atoms with Crippen molar-refractivity contribution in [3.8, 4) is 0 Å². The molecule has 1 heterocycles. The van der Waals surface area contributed by atoms with Gasteiger partial charge in [-0.25, -0.2) is 0 Å². The molecule has 5 heteroatoms. The van der Waals surface area contributed by atoms with E-state index in [1.807, 2.05) is 74.1 Å². The molecule has 1 aromatic heterocycles. The lowest BCUT2D eigenvalue weighted by Gasteiger charge is -2.16. The van der Waals surface area contributed by atoms with Gasteiger partial charge in [0.25, 0.3) is 5.91 Å². The highest BCUT2D eigenvalue weighted by Gasteiger charge is 2.17. The second-order valence-electron chi connectivity index (χ2n) is 6.65. The van der Waals surface area contributed by atoms with Crippen molar-refractivity contribution < 1.29 is 4.79 Å². The third-order valence-corrected chi connectivity index (χ3v) is 5.53. The molecule has 1 amide bonds. The van der Waals surface area contributed by atoms with Gasteiger partial charge < -0.3 is 9.88 Å². The Hall–Kier alpha value is -2.53. The fourth-order valence-corrected chi connectivity index (χ4v) is 3.59. The molecule has 0 radical (unpaired) electrons. The molecule has 0 bridgehead atoms. The molecule has 0 saturated carbocycles. The number of hydrogen-bond donors (Lipinski definition) is 1. The van der Waals surface area contributed by atoms with E-state index in [2.05, 4.69) is 5.32 Å². The highest BCUT2D eigenvalue weighted by Crippen LogP contribution is 2.19. The molecule has 3 rings (SSSR count). The number of hydrogen-bond acceptors (Lipinski definition) is 3. The molecule has 140 valence electrons. The standard InChI is InChI=1S/C22H24N2O2S/c1-5-24-13-19(21(25)18-12-14(2)6-11-20(18)24)22(26)23-15(3)16-7-9-17(27-4)10-8-16/h6-13,15H,5H2,1-4H3,(H,23,26). The van der Waals surface area contributed by atoms with Crippen LogP contribution in [0.15, 0.2) is 58.4 Å². The number of nitrogens with one attached hydrogen (secondary N) is 1. The van der Waals surface area contributed by atoms with Crippen molar-refractivity contribution in [2.45, 2.75) is 38.3 Å². The molecule has 3 aromatic rings. The predicted octanol–water partition coefficient (Wildman–Crippen LogP) is 4.54. The molecule has 1 N–H and O–H groups in total. The number of aryl methyl sites for hydroxylation is 2. The minimum atomic E-state index is -0.341. The Kier molecular flexibility index (Phi) is 5.71. The molecular formula is C22H24N2O2S. The quantitative estimate of drug-likeness (QED) is 0.661. The van der Waals surface area contributed by atoms with Crippen LogP contribution in [0, 0.1) is 6.92 Å². The highest BCUT2D eigenvalue weighted by atomic mass is 32.2. The second kappa shape index (κ2) is 8.01. The van der Waals surface area contributed by atoms with Crippen molar-refractivity contribution in [3.63, 3.8) is 0 Å². The van der Waals surface area contributed by atoms with Gasteiger partial charge in [-0.3, -0.25) is 9.59 Å². The Balaban J connectivity index is 1.95. The molecule has 27 heavy (non-hydrogen) atoms. The van der Waals surface area contributed by atoms with E-state index >= 15 is 0 Å². The zero-order valence-corrected chi connectivity index (χ0v) is 16.9. The first-order chi connectivity index (χ1) is 12.9. The van der Waals surface area contributed by atoms with Gasteiger partial charge in [0.2, 0.25) is 5.43 Å². The first kappa shape index (κ1) is 19.2. The second-order valence-corrected chi connectivity index (χ2v) is 7.53. The van der Waals surface area contributed by atoms with E-state index in [4.69, 9.17) is 0 Å². The monoisotopic (exact) mass is 380 g/mol. The summed E-state index contributed by atoms with van der Waals surface area (Å²) in [5, 5.41) is 3.55. The normalized spacial score (nSPS) is 12.1. The number of thioether (sulfide) groups is 1. The van der Waals surface area contributed by atoms with Crippen LogP contribution in [0.4, 0.5) is 0 Å². The first-order valence-electron chi connectivity index (χ1n) is 9.03. The van der Waals surface area contributed by atoms with Gasteiger partial charge in [-0.15, -0.1) is 11.8 Å². The summed E-state index contributed by atoms with van der Waals surface area (Å²) in [6.45, 7) is 6.56. The third-order valence-electron chi connectivity index (χ3n) is 4.78. The van der Waals surface area contributed by atoms with Gasteiger partial charge in [0.05, 0.1) is 11.6 Å². The third kappa shape index (κ3) is 3.93. The van der Waals surface area contributed by atoms with Crippen molar-refractivity contribution in [1.82, 2.24) is 9.88 Å². The van der Waals surface area contributed by atoms with Crippen LogP contribution in [-0.4, -0.2) is 16.7 Å². The number of pyridine rings is 1. The summed E-state index contributed by atoms with van der Waals surface area (Å²) < 4.78 is 1.95. The molecule has 0 saturated heterocycles. The topological polar surface area (TPSA) is 51.1 Å². The maximum Gasteiger partial charge on any atom is 0.257 e. The zero-order valence-electron chi connectivity index (χ0n) is 16.1. The van der Waals surface area contributed by atoms with E-state index in [0.717, 1.165) is 16.6 Å². The van der Waals surface area contributed by atoms with Crippen molar-refractivity contribution >= 4 is 28.6 Å². The number of carbonyl (C=O) groups excluding carboxylic acids is 1. The average Bonchev–Trinajstić information content (AvgIpc) is 2.68. The molecule has 2 aromatic carbocycles. The number of rotatable bonds is 5. The number of carbonyl (C=O) groups is 1. The van der Waals surface area contributed by atoms with Crippen LogP contribution >= 0.6 is 11.8 Å².